The van der Waals surface area contributed by atoms with Crippen LogP contribution in [0.15, 0.2) is 77.5 Å². The highest BCUT2D eigenvalue weighted by Crippen LogP contribution is 2.56. The van der Waals surface area contributed by atoms with Crippen molar-refractivity contribution in [3.05, 3.63) is 88.9 Å². The molecule has 4 rings (SSSR count). The quantitative estimate of drug-likeness (QED) is 0.422. The van der Waals surface area contributed by atoms with E-state index >= 15 is 0 Å². The van der Waals surface area contributed by atoms with Gasteiger partial charge < -0.3 is 16.0 Å². The summed E-state index contributed by atoms with van der Waals surface area (Å²) in [6.07, 6.45) is 7.96. The summed E-state index contributed by atoms with van der Waals surface area (Å²) in [6.45, 7) is 5.49. The summed E-state index contributed by atoms with van der Waals surface area (Å²) in [5.74, 6) is 0.319. The van der Waals surface area contributed by atoms with Gasteiger partial charge in [-0.2, -0.15) is 0 Å². The fraction of sp³-hybridized carbons (Fsp3) is 0.370. The molecule has 0 spiro atoms. The van der Waals surface area contributed by atoms with Gasteiger partial charge in [0.2, 0.25) is 0 Å². The molecule has 3 N–H and O–H groups in total. The highest BCUT2D eigenvalue weighted by atomic mass is 19.1. The van der Waals surface area contributed by atoms with Gasteiger partial charge in [-0.05, 0) is 85.0 Å². The van der Waals surface area contributed by atoms with Gasteiger partial charge in [0, 0.05) is 23.6 Å². The minimum absolute atomic E-state index is 0.0727. The number of benzene rings is 2. The van der Waals surface area contributed by atoms with Crippen LogP contribution in [0, 0.1) is 22.6 Å². The molecule has 0 heterocycles. The lowest BCUT2D eigenvalue weighted by molar-refractivity contribution is 0.232. The Morgan fingerprint density at radius 3 is 2.58 bits per heavy atom. The molecule has 0 radical (unpaired) electrons. The number of nitrogens with one attached hydrogen (secondary N) is 3. The number of rotatable bonds is 8. The van der Waals surface area contributed by atoms with Crippen LogP contribution in [0.5, 0.6) is 0 Å². The molecule has 0 amide bonds. The minimum Gasteiger partial charge on any atom is -0.355 e. The van der Waals surface area contributed by atoms with Gasteiger partial charge in [0.05, 0.1) is 0 Å². The molecule has 162 valence electrons. The second kappa shape index (κ2) is 9.19. The van der Waals surface area contributed by atoms with Crippen molar-refractivity contribution in [2.45, 2.75) is 45.6 Å². The summed E-state index contributed by atoms with van der Waals surface area (Å²) in [7, 11) is 0. The van der Waals surface area contributed by atoms with Crippen molar-refractivity contribution in [1.82, 2.24) is 5.32 Å². The molecule has 2 aromatic carbocycles. The summed E-state index contributed by atoms with van der Waals surface area (Å²) < 4.78 is 13.3. The van der Waals surface area contributed by atoms with Gasteiger partial charge >= 0.3 is 0 Å². The second-order valence-corrected chi connectivity index (χ2v) is 8.97. The average molecular weight is 418 g/mol. The zero-order valence-corrected chi connectivity index (χ0v) is 18.4. The molecule has 0 bridgehead atoms. The molecule has 0 aromatic heterocycles. The van der Waals surface area contributed by atoms with Crippen LogP contribution < -0.4 is 10.6 Å². The smallest absolute Gasteiger partial charge is 0.123 e. The largest absolute Gasteiger partial charge is 0.355 e. The summed E-state index contributed by atoms with van der Waals surface area (Å²) in [5, 5.41) is 15.2. The van der Waals surface area contributed by atoms with Crippen LogP contribution in [-0.2, 0) is 0 Å². The van der Waals surface area contributed by atoms with E-state index < -0.39 is 0 Å². The molecule has 1 fully saturated rings. The van der Waals surface area contributed by atoms with Gasteiger partial charge in [0.15, 0.2) is 0 Å². The highest BCUT2D eigenvalue weighted by Gasteiger charge is 2.45. The van der Waals surface area contributed by atoms with E-state index in [4.69, 9.17) is 5.41 Å². The molecule has 2 aromatic rings. The van der Waals surface area contributed by atoms with E-state index in [2.05, 4.69) is 60.9 Å². The minimum atomic E-state index is -0.242. The first-order chi connectivity index (χ1) is 15.0. The van der Waals surface area contributed by atoms with Crippen LogP contribution >= 0.6 is 0 Å². The van der Waals surface area contributed by atoms with Crippen LogP contribution in [-0.4, -0.2) is 12.8 Å². The van der Waals surface area contributed by atoms with Gasteiger partial charge in [-0.15, -0.1) is 0 Å². The Morgan fingerprint density at radius 2 is 1.90 bits per heavy atom. The first kappa shape index (κ1) is 21.5. The van der Waals surface area contributed by atoms with Crippen molar-refractivity contribution in [2.24, 2.45) is 11.3 Å². The van der Waals surface area contributed by atoms with Crippen molar-refractivity contribution in [3.63, 3.8) is 0 Å². The maximum Gasteiger partial charge on any atom is 0.123 e. The molecule has 4 heteroatoms. The first-order valence-corrected chi connectivity index (χ1v) is 11.3. The Bertz CT molecular complexity index is 977. The lowest BCUT2D eigenvalue weighted by Crippen LogP contribution is -2.32. The van der Waals surface area contributed by atoms with Crippen LogP contribution in [0.3, 0.4) is 0 Å². The molecule has 2 aliphatic carbocycles. The van der Waals surface area contributed by atoms with Crippen molar-refractivity contribution in [1.29, 1.82) is 5.41 Å². The predicted octanol–water partition coefficient (Wildman–Crippen LogP) is 6.63. The Labute approximate surface area is 185 Å². The lowest BCUT2D eigenvalue weighted by atomic mass is 9.67. The summed E-state index contributed by atoms with van der Waals surface area (Å²) >= 11 is 0. The van der Waals surface area contributed by atoms with E-state index in [0.717, 1.165) is 42.8 Å². The summed E-state index contributed by atoms with van der Waals surface area (Å²) in [4.78, 5) is 0. The number of halogens is 1. The maximum atomic E-state index is 13.3. The van der Waals surface area contributed by atoms with Crippen LogP contribution in [0.25, 0.3) is 0 Å². The van der Waals surface area contributed by atoms with E-state index in [9.17, 15) is 4.39 Å². The highest BCUT2D eigenvalue weighted by molar-refractivity contribution is 5.81. The Hall–Kier alpha value is -2.72. The van der Waals surface area contributed by atoms with Crippen molar-refractivity contribution >= 4 is 11.9 Å². The molecule has 0 saturated heterocycles. The van der Waals surface area contributed by atoms with Gasteiger partial charge in [-0.3, -0.25) is 0 Å². The van der Waals surface area contributed by atoms with Crippen LogP contribution in [0.2, 0.25) is 0 Å². The standard InChI is InChI=1S/C27H32FN3/c1-3-30-25(19-7-5-4-6-8-19)15-21-9-10-22-16-26(20(18-29)17-27(21,22)2)31-24-13-11-23(28)12-14-24/h4-8,11-14,16,18,21,25,29-31H,3,9-10,15,17H2,1-2H3/t21-,25?,27-/m1/s1. The zero-order chi connectivity index (χ0) is 21.8. The third-order valence-corrected chi connectivity index (χ3v) is 7.09. The van der Waals surface area contributed by atoms with Crippen molar-refractivity contribution in [2.75, 3.05) is 11.9 Å². The molecular weight excluding hydrogens is 385 g/mol. The maximum absolute atomic E-state index is 13.3. The lowest BCUT2D eigenvalue weighted by Gasteiger charge is -2.39. The molecule has 2 aliphatic rings. The van der Waals surface area contributed by atoms with Gasteiger partial charge in [0.25, 0.3) is 0 Å². The molecule has 1 unspecified atom stereocenters. The number of hydrogen-bond acceptors (Lipinski definition) is 3. The monoisotopic (exact) mass is 417 g/mol. The van der Waals surface area contributed by atoms with E-state index in [-0.39, 0.29) is 11.2 Å². The molecular formula is C27H32FN3. The number of fused-ring (bicyclic) bond motifs is 1. The fourth-order valence-electron chi connectivity index (χ4n) is 5.31. The molecule has 0 aliphatic heterocycles. The summed E-state index contributed by atoms with van der Waals surface area (Å²) in [5.41, 5.74) is 5.73. The average Bonchev–Trinajstić information content (AvgIpc) is 3.10. The number of allylic oxidation sites excluding steroid dienone is 3. The Kier molecular flexibility index (Phi) is 6.38. The van der Waals surface area contributed by atoms with Gasteiger partial charge in [-0.25, -0.2) is 4.39 Å². The SMILES string of the molecule is CCNC(C[C@H]1CCC2=CC(Nc3ccc(F)cc3)=C(C=N)C[C@@]21C)c1ccccc1. The third kappa shape index (κ3) is 4.49. The first-order valence-electron chi connectivity index (χ1n) is 11.3. The van der Waals surface area contributed by atoms with Crippen LogP contribution in [0.1, 0.15) is 51.1 Å². The fourth-order valence-corrected chi connectivity index (χ4v) is 5.31. The van der Waals surface area contributed by atoms with E-state index in [1.54, 1.807) is 12.1 Å². The predicted molar refractivity (Wildman–Crippen MR) is 127 cm³/mol. The Balaban J connectivity index is 1.56. The van der Waals surface area contributed by atoms with Crippen molar-refractivity contribution in [3.8, 4) is 0 Å². The summed E-state index contributed by atoms with van der Waals surface area (Å²) in [6, 6.07) is 17.5. The second-order valence-electron chi connectivity index (χ2n) is 8.97. The third-order valence-electron chi connectivity index (χ3n) is 7.09. The van der Waals surface area contributed by atoms with E-state index in [0.29, 0.717) is 12.0 Å². The van der Waals surface area contributed by atoms with E-state index in [1.165, 1.54) is 35.9 Å². The molecule has 3 atom stereocenters. The normalized spacial score (nSPS) is 23.8. The molecule has 31 heavy (non-hydrogen) atoms. The number of hydrogen-bond donors (Lipinski definition) is 3. The Morgan fingerprint density at radius 1 is 1.16 bits per heavy atom. The van der Waals surface area contributed by atoms with E-state index in [1.807, 2.05) is 0 Å². The van der Waals surface area contributed by atoms with Gasteiger partial charge in [-0.1, -0.05) is 49.8 Å². The van der Waals surface area contributed by atoms with Crippen LogP contribution in [0.4, 0.5) is 10.1 Å². The molecule has 3 nitrogen and oxygen atoms in total. The van der Waals surface area contributed by atoms with Gasteiger partial charge in [0.1, 0.15) is 5.82 Å². The molecule has 1 saturated carbocycles. The van der Waals surface area contributed by atoms with Crippen molar-refractivity contribution < 1.29 is 4.39 Å². The topological polar surface area (TPSA) is 47.9 Å². The zero-order valence-electron chi connectivity index (χ0n) is 18.4. The number of anilines is 1.